The summed E-state index contributed by atoms with van der Waals surface area (Å²) < 4.78 is 28.3. The van der Waals surface area contributed by atoms with E-state index in [1.54, 1.807) is 36.4 Å². The Kier molecular flexibility index (Phi) is 6.61. The van der Waals surface area contributed by atoms with Gasteiger partial charge in [0, 0.05) is 30.8 Å². The molecule has 0 bridgehead atoms. The predicted molar refractivity (Wildman–Crippen MR) is 151 cm³/mol. The largest absolute Gasteiger partial charge is 0.486 e. The van der Waals surface area contributed by atoms with Crippen molar-refractivity contribution < 1.29 is 23.8 Å². The van der Waals surface area contributed by atoms with Crippen LogP contribution in [0.1, 0.15) is 46.0 Å². The highest BCUT2D eigenvalue weighted by atomic mass is 35.5. The maximum Gasteiger partial charge on any atom is 0.335 e. The highest BCUT2D eigenvalue weighted by molar-refractivity contribution is 6.32. The average Bonchev–Trinajstić information content (AvgIpc) is 3.36. The summed E-state index contributed by atoms with van der Waals surface area (Å²) in [4.78, 5) is 23.6. The van der Waals surface area contributed by atoms with Crippen LogP contribution in [0.25, 0.3) is 11.0 Å². The molecule has 2 aromatic heterocycles. The maximum absolute atomic E-state index is 14.8. The summed E-state index contributed by atoms with van der Waals surface area (Å²) >= 11 is 6.22. The van der Waals surface area contributed by atoms with Gasteiger partial charge in [0.05, 0.1) is 52.4 Å². The number of carboxylic acid groups (broad SMARTS) is 1. The third-order valence-electron chi connectivity index (χ3n) is 8.69. The fourth-order valence-electron chi connectivity index (χ4n) is 6.26. The van der Waals surface area contributed by atoms with Crippen LogP contribution in [0, 0.1) is 23.1 Å². The number of ether oxygens (including phenoxy) is 2. The number of fused-ring (bicyclic) bond motifs is 2. The summed E-state index contributed by atoms with van der Waals surface area (Å²) in [6.07, 6.45) is 2.04. The second kappa shape index (κ2) is 10.3. The lowest BCUT2D eigenvalue weighted by Crippen LogP contribution is -2.33. The van der Waals surface area contributed by atoms with E-state index in [1.165, 1.54) is 12.1 Å². The van der Waals surface area contributed by atoms with E-state index >= 15 is 0 Å². The van der Waals surface area contributed by atoms with Gasteiger partial charge >= 0.3 is 5.97 Å². The lowest BCUT2D eigenvalue weighted by atomic mass is 10.0. The van der Waals surface area contributed by atoms with E-state index in [-0.39, 0.29) is 34.4 Å². The normalized spacial score (nSPS) is 22.9. The Hall–Kier alpha value is -4.04. The summed E-state index contributed by atoms with van der Waals surface area (Å²) in [5.74, 6) is 0.231. The third-order valence-corrected chi connectivity index (χ3v) is 8.98. The molecule has 0 radical (unpaired) electrons. The number of nitriles is 1. The van der Waals surface area contributed by atoms with E-state index in [2.05, 4.69) is 9.47 Å². The first-order valence-corrected chi connectivity index (χ1v) is 14.3. The number of aromatic nitrogens is 3. The number of halogens is 2. The van der Waals surface area contributed by atoms with Gasteiger partial charge in [0.25, 0.3) is 0 Å². The third kappa shape index (κ3) is 4.77. The molecule has 0 spiro atoms. The molecule has 0 amide bonds. The topological polar surface area (TPSA) is 114 Å². The molecular formula is C31H27ClFN5O4. The molecule has 9 nitrogen and oxygen atoms in total. The van der Waals surface area contributed by atoms with Crippen molar-refractivity contribution in [1.29, 1.82) is 5.26 Å². The summed E-state index contributed by atoms with van der Waals surface area (Å²) in [5.41, 5.74) is 3.12. The van der Waals surface area contributed by atoms with Gasteiger partial charge in [-0.25, -0.2) is 14.2 Å². The Balaban J connectivity index is 1.09. The summed E-state index contributed by atoms with van der Waals surface area (Å²) in [5, 5.41) is 18.9. The first kappa shape index (κ1) is 26.8. The molecular weight excluding hydrogens is 561 g/mol. The van der Waals surface area contributed by atoms with Crippen LogP contribution in [-0.4, -0.2) is 56.3 Å². The molecule has 1 saturated carbocycles. The van der Waals surface area contributed by atoms with E-state index in [1.807, 2.05) is 6.07 Å². The Bertz CT molecular complexity index is 1770. The van der Waals surface area contributed by atoms with Crippen molar-refractivity contribution in [3.05, 3.63) is 87.7 Å². The Morgan fingerprint density at radius 2 is 2.10 bits per heavy atom. The second-order valence-electron chi connectivity index (χ2n) is 11.3. The Labute approximate surface area is 246 Å². The number of imidazole rings is 1. The zero-order valence-corrected chi connectivity index (χ0v) is 23.4. The van der Waals surface area contributed by atoms with Gasteiger partial charge in [-0.1, -0.05) is 11.6 Å². The standard InChI is InChI=1S/C31H27ClFN5O4/c32-22-9-18(12-34)1-5-27(22)42-16-25-23(33)3-6-28(35-25)31-11-20(31)13-37(17-31)15-29-36-24-4-2-19(30(39)40)10-26(24)38(29)14-21-7-8-41-21/h1-6,9-10,20-21H,7-8,11,13-17H2,(H,39,40)/t20?,21-,31?/m0/s1. The zero-order valence-electron chi connectivity index (χ0n) is 22.6. The number of rotatable bonds is 9. The van der Waals surface area contributed by atoms with E-state index in [9.17, 15) is 14.3 Å². The number of aromatic carboxylic acids is 1. The van der Waals surface area contributed by atoms with Crippen molar-refractivity contribution in [1.82, 2.24) is 19.4 Å². The smallest absolute Gasteiger partial charge is 0.335 e. The summed E-state index contributed by atoms with van der Waals surface area (Å²) in [7, 11) is 0. The van der Waals surface area contributed by atoms with Crippen molar-refractivity contribution in [2.75, 3.05) is 19.7 Å². The lowest BCUT2D eigenvalue weighted by Gasteiger charge is -2.28. The van der Waals surface area contributed by atoms with Gasteiger partial charge in [0.2, 0.25) is 0 Å². The lowest BCUT2D eigenvalue weighted by molar-refractivity contribution is -0.0591. The SMILES string of the molecule is N#Cc1ccc(OCc2nc(C34CC3CN(Cc3nc5ccc(C(=O)O)cc5n3C[C@@H]3CCO3)C4)ccc2F)c(Cl)c1. The van der Waals surface area contributed by atoms with Crippen LogP contribution in [-0.2, 0) is 29.8 Å². The zero-order chi connectivity index (χ0) is 29.0. The molecule has 7 rings (SSSR count). The van der Waals surface area contributed by atoms with E-state index < -0.39 is 11.8 Å². The molecule has 2 unspecified atom stereocenters. The summed E-state index contributed by atoms with van der Waals surface area (Å²) in [6.45, 7) is 3.53. The minimum Gasteiger partial charge on any atom is -0.486 e. The average molecular weight is 588 g/mol. The number of pyridine rings is 1. The van der Waals surface area contributed by atoms with Crippen LogP contribution >= 0.6 is 11.6 Å². The highest BCUT2D eigenvalue weighted by Gasteiger charge is 2.61. The molecule has 42 heavy (non-hydrogen) atoms. The molecule has 3 fully saturated rings. The number of carbonyl (C=O) groups is 1. The molecule has 3 atom stereocenters. The van der Waals surface area contributed by atoms with Gasteiger partial charge in [-0.3, -0.25) is 9.88 Å². The first-order valence-electron chi connectivity index (χ1n) is 13.9. The maximum atomic E-state index is 14.8. The second-order valence-corrected chi connectivity index (χ2v) is 11.7. The predicted octanol–water partition coefficient (Wildman–Crippen LogP) is 4.94. The van der Waals surface area contributed by atoms with E-state index in [0.29, 0.717) is 30.3 Å². The number of nitrogens with zero attached hydrogens (tertiary/aromatic N) is 5. The van der Waals surface area contributed by atoms with Crippen molar-refractivity contribution in [3.8, 4) is 11.8 Å². The van der Waals surface area contributed by atoms with Crippen LogP contribution in [0.2, 0.25) is 5.02 Å². The van der Waals surface area contributed by atoms with Crippen LogP contribution in [0.4, 0.5) is 4.39 Å². The van der Waals surface area contributed by atoms with Crippen molar-refractivity contribution in [3.63, 3.8) is 0 Å². The van der Waals surface area contributed by atoms with Crippen LogP contribution in [0.15, 0.2) is 48.5 Å². The van der Waals surface area contributed by atoms with Gasteiger partial charge in [-0.05, 0) is 67.3 Å². The van der Waals surface area contributed by atoms with Gasteiger partial charge in [0.15, 0.2) is 0 Å². The quantitative estimate of drug-likeness (QED) is 0.293. The van der Waals surface area contributed by atoms with Crippen molar-refractivity contribution in [2.24, 2.45) is 5.92 Å². The number of carboxylic acids is 1. The van der Waals surface area contributed by atoms with Crippen molar-refractivity contribution >= 4 is 28.6 Å². The Morgan fingerprint density at radius 3 is 2.83 bits per heavy atom. The molecule has 3 aliphatic rings. The molecule has 11 heteroatoms. The van der Waals surface area contributed by atoms with E-state index in [0.717, 1.165) is 55.1 Å². The molecule has 2 aliphatic heterocycles. The molecule has 1 N–H and O–H groups in total. The van der Waals surface area contributed by atoms with Crippen LogP contribution in [0.3, 0.4) is 0 Å². The number of likely N-dealkylation sites (tertiary alicyclic amines) is 1. The van der Waals surface area contributed by atoms with E-state index in [4.69, 9.17) is 36.3 Å². The molecule has 4 aromatic rings. The number of hydrogen-bond acceptors (Lipinski definition) is 7. The first-order chi connectivity index (χ1) is 20.3. The fraction of sp³-hybridized carbons (Fsp3) is 0.355. The van der Waals surface area contributed by atoms with Gasteiger partial charge in [-0.2, -0.15) is 5.26 Å². The molecule has 1 aliphatic carbocycles. The van der Waals surface area contributed by atoms with Crippen molar-refractivity contribution in [2.45, 2.75) is 44.1 Å². The van der Waals surface area contributed by atoms with Gasteiger partial charge in [-0.15, -0.1) is 0 Å². The fourth-order valence-corrected chi connectivity index (χ4v) is 6.50. The minimum atomic E-state index is -0.968. The number of piperidine rings is 1. The summed E-state index contributed by atoms with van der Waals surface area (Å²) in [6, 6.07) is 15.0. The van der Waals surface area contributed by atoms with Gasteiger partial charge < -0.3 is 19.1 Å². The molecule has 2 saturated heterocycles. The minimum absolute atomic E-state index is 0.0820. The molecule has 214 valence electrons. The molecule has 4 heterocycles. The number of benzene rings is 2. The highest BCUT2D eigenvalue weighted by Crippen LogP contribution is 2.58. The Morgan fingerprint density at radius 1 is 1.24 bits per heavy atom. The monoisotopic (exact) mass is 587 g/mol. The van der Waals surface area contributed by atoms with Gasteiger partial charge in [0.1, 0.15) is 29.7 Å². The number of hydrogen-bond donors (Lipinski definition) is 1. The van der Waals surface area contributed by atoms with Crippen LogP contribution < -0.4 is 4.74 Å². The van der Waals surface area contributed by atoms with Crippen LogP contribution in [0.5, 0.6) is 5.75 Å². The molecule has 2 aromatic carbocycles.